The van der Waals surface area contributed by atoms with Crippen molar-refractivity contribution in [3.05, 3.63) is 53.4 Å². The van der Waals surface area contributed by atoms with Crippen molar-refractivity contribution in [3.63, 3.8) is 0 Å². The van der Waals surface area contributed by atoms with Gasteiger partial charge in [-0.05, 0) is 36.4 Å². The van der Waals surface area contributed by atoms with Crippen molar-refractivity contribution in [1.82, 2.24) is 14.4 Å². The number of ether oxygens (including phenoxy) is 2. The number of halogens is 1. The van der Waals surface area contributed by atoms with Crippen LogP contribution in [0.15, 0.2) is 51.9 Å². The van der Waals surface area contributed by atoms with E-state index >= 15 is 0 Å². The van der Waals surface area contributed by atoms with Gasteiger partial charge < -0.3 is 14.0 Å². The van der Waals surface area contributed by atoms with Crippen LogP contribution in [-0.4, -0.2) is 44.1 Å². The number of sulfonamides is 1. The van der Waals surface area contributed by atoms with Gasteiger partial charge in [-0.1, -0.05) is 16.8 Å². The normalized spacial score (nSPS) is 11.6. The number of hydrogen-bond donors (Lipinski definition) is 0. The summed E-state index contributed by atoms with van der Waals surface area (Å²) in [6, 6.07) is 11.3. The van der Waals surface area contributed by atoms with Gasteiger partial charge in [0.05, 0.1) is 25.7 Å². The summed E-state index contributed by atoms with van der Waals surface area (Å²) in [5.41, 5.74) is 0.713. The zero-order valence-electron chi connectivity index (χ0n) is 15.4. The van der Waals surface area contributed by atoms with Crippen LogP contribution in [0.4, 0.5) is 0 Å². The number of aromatic nitrogens is 2. The molecule has 0 radical (unpaired) electrons. The van der Waals surface area contributed by atoms with Crippen molar-refractivity contribution in [2.45, 2.75) is 11.4 Å². The molecule has 28 heavy (non-hydrogen) atoms. The minimum Gasteiger partial charge on any atom is -0.493 e. The number of hydrogen-bond acceptors (Lipinski definition) is 7. The fourth-order valence-corrected chi connectivity index (χ4v) is 3.73. The van der Waals surface area contributed by atoms with Crippen LogP contribution in [0.25, 0.3) is 11.4 Å². The molecule has 10 heteroatoms. The predicted octanol–water partition coefficient (Wildman–Crippen LogP) is 3.23. The molecule has 0 saturated heterocycles. The van der Waals surface area contributed by atoms with Crippen molar-refractivity contribution in [1.29, 1.82) is 0 Å². The molecule has 0 saturated carbocycles. The standard InChI is InChI=1S/C18H18ClN3O5S/c1-22(28(23,24)14-8-9-15(25-2)16(10-14)26-3)11-17-20-18(21-27-17)12-4-6-13(19)7-5-12/h4-10H,11H2,1-3H3. The highest BCUT2D eigenvalue weighted by atomic mass is 35.5. The van der Waals surface area contributed by atoms with Crippen molar-refractivity contribution >= 4 is 21.6 Å². The van der Waals surface area contributed by atoms with Gasteiger partial charge >= 0.3 is 0 Å². The molecule has 0 aliphatic carbocycles. The lowest BCUT2D eigenvalue weighted by Crippen LogP contribution is -2.26. The van der Waals surface area contributed by atoms with Crippen LogP contribution in [-0.2, 0) is 16.6 Å². The number of rotatable bonds is 7. The molecule has 3 rings (SSSR count). The Labute approximate surface area is 167 Å². The van der Waals surface area contributed by atoms with Crippen LogP contribution in [0.5, 0.6) is 11.5 Å². The molecule has 0 bridgehead atoms. The minimum atomic E-state index is -3.80. The smallest absolute Gasteiger partial charge is 0.243 e. The van der Waals surface area contributed by atoms with Crippen LogP contribution in [0, 0.1) is 0 Å². The molecule has 1 aromatic heterocycles. The maximum Gasteiger partial charge on any atom is 0.243 e. The molecular weight excluding hydrogens is 406 g/mol. The van der Waals surface area contributed by atoms with Gasteiger partial charge in [0.25, 0.3) is 0 Å². The van der Waals surface area contributed by atoms with Crippen molar-refractivity contribution in [2.24, 2.45) is 0 Å². The molecule has 2 aromatic carbocycles. The minimum absolute atomic E-state index is 0.0603. The molecule has 8 nitrogen and oxygen atoms in total. The summed E-state index contributed by atoms with van der Waals surface area (Å²) in [6.45, 7) is -0.0860. The van der Waals surface area contributed by atoms with Crippen LogP contribution in [0.3, 0.4) is 0 Å². The van der Waals surface area contributed by atoms with E-state index in [1.807, 2.05) is 0 Å². The molecule has 0 aliphatic heterocycles. The topological polar surface area (TPSA) is 94.8 Å². The summed E-state index contributed by atoms with van der Waals surface area (Å²) in [5, 5.41) is 4.48. The Bertz CT molecular complexity index is 1070. The summed E-state index contributed by atoms with van der Waals surface area (Å²) in [7, 11) is 0.543. The first-order valence-electron chi connectivity index (χ1n) is 8.12. The van der Waals surface area contributed by atoms with Gasteiger partial charge in [-0.2, -0.15) is 9.29 Å². The van der Waals surface area contributed by atoms with Gasteiger partial charge in [0, 0.05) is 23.7 Å². The summed E-state index contributed by atoms with van der Waals surface area (Å²) in [6.07, 6.45) is 0. The average Bonchev–Trinajstić information content (AvgIpc) is 3.16. The molecule has 1 heterocycles. The van der Waals surface area contributed by atoms with Crippen LogP contribution in [0.2, 0.25) is 5.02 Å². The van der Waals surface area contributed by atoms with Crippen LogP contribution < -0.4 is 9.47 Å². The highest BCUT2D eigenvalue weighted by Crippen LogP contribution is 2.30. The Morgan fingerprint density at radius 2 is 1.75 bits per heavy atom. The average molecular weight is 424 g/mol. The van der Waals surface area contributed by atoms with E-state index in [4.69, 9.17) is 25.6 Å². The second-order valence-electron chi connectivity index (χ2n) is 5.80. The first kappa shape index (κ1) is 20.1. The van der Waals surface area contributed by atoms with Gasteiger partial charge in [0.1, 0.15) is 0 Å². The molecule has 0 fully saturated rings. The molecule has 0 amide bonds. The van der Waals surface area contributed by atoms with Crippen LogP contribution in [0.1, 0.15) is 5.89 Å². The van der Waals surface area contributed by atoms with E-state index < -0.39 is 10.0 Å². The summed E-state index contributed by atoms with van der Waals surface area (Å²) >= 11 is 5.87. The highest BCUT2D eigenvalue weighted by molar-refractivity contribution is 7.89. The molecule has 0 spiro atoms. The maximum atomic E-state index is 12.8. The van der Waals surface area contributed by atoms with Crippen molar-refractivity contribution in [2.75, 3.05) is 21.3 Å². The SMILES string of the molecule is COc1ccc(S(=O)(=O)N(C)Cc2nc(-c3ccc(Cl)cc3)no2)cc1OC. The molecule has 0 atom stereocenters. The molecule has 148 valence electrons. The zero-order chi connectivity index (χ0) is 20.3. The van der Waals surface area contributed by atoms with E-state index in [0.29, 0.717) is 27.9 Å². The Kier molecular flexibility index (Phi) is 5.87. The molecule has 0 aliphatic rings. The third kappa shape index (κ3) is 4.11. The van der Waals surface area contributed by atoms with E-state index in [1.54, 1.807) is 24.3 Å². The van der Waals surface area contributed by atoms with E-state index in [0.717, 1.165) is 4.31 Å². The van der Waals surface area contributed by atoms with E-state index in [1.165, 1.54) is 39.5 Å². The van der Waals surface area contributed by atoms with E-state index in [2.05, 4.69) is 10.1 Å². The number of nitrogens with zero attached hydrogens (tertiary/aromatic N) is 3. The Balaban J connectivity index is 1.80. The highest BCUT2D eigenvalue weighted by Gasteiger charge is 2.24. The lowest BCUT2D eigenvalue weighted by atomic mass is 10.2. The second-order valence-corrected chi connectivity index (χ2v) is 8.28. The monoisotopic (exact) mass is 423 g/mol. The van der Waals surface area contributed by atoms with Gasteiger partial charge in [0.15, 0.2) is 11.5 Å². The third-order valence-corrected chi connectivity index (χ3v) is 6.04. The zero-order valence-corrected chi connectivity index (χ0v) is 17.0. The molecular formula is C18H18ClN3O5S. The van der Waals surface area contributed by atoms with Gasteiger partial charge in [-0.25, -0.2) is 8.42 Å². The quantitative estimate of drug-likeness (QED) is 0.575. The van der Waals surface area contributed by atoms with Crippen molar-refractivity contribution < 1.29 is 22.4 Å². The van der Waals surface area contributed by atoms with Crippen LogP contribution >= 0.6 is 11.6 Å². The Morgan fingerprint density at radius 3 is 2.39 bits per heavy atom. The summed E-state index contributed by atoms with van der Waals surface area (Å²) in [5.74, 6) is 1.27. The van der Waals surface area contributed by atoms with Crippen molar-refractivity contribution in [3.8, 4) is 22.9 Å². The number of benzene rings is 2. The van der Waals surface area contributed by atoms with E-state index in [9.17, 15) is 8.42 Å². The molecule has 0 unspecified atom stereocenters. The van der Waals surface area contributed by atoms with Gasteiger partial charge in [0.2, 0.25) is 21.7 Å². The fourth-order valence-electron chi connectivity index (χ4n) is 2.47. The van der Waals surface area contributed by atoms with Gasteiger partial charge in [-0.3, -0.25) is 0 Å². The number of methoxy groups -OCH3 is 2. The maximum absolute atomic E-state index is 12.8. The first-order valence-corrected chi connectivity index (χ1v) is 9.94. The summed E-state index contributed by atoms with van der Waals surface area (Å²) < 4.78 is 42.3. The fraction of sp³-hybridized carbons (Fsp3) is 0.222. The van der Waals surface area contributed by atoms with Gasteiger partial charge in [-0.15, -0.1) is 0 Å². The molecule has 0 N–H and O–H groups in total. The molecule has 3 aromatic rings. The predicted molar refractivity (Wildman–Crippen MR) is 103 cm³/mol. The van der Waals surface area contributed by atoms with E-state index in [-0.39, 0.29) is 17.3 Å². The second kappa shape index (κ2) is 8.17. The lowest BCUT2D eigenvalue weighted by molar-refractivity contribution is 0.336. The first-order chi connectivity index (χ1) is 13.3. The largest absolute Gasteiger partial charge is 0.493 e. The Morgan fingerprint density at radius 1 is 1.07 bits per heavy atom. The summed E-state index contributed by atoms with van der Waals surface area (Å²) in [4.78, 5) is 4.31. The Hall–Kier alpha value is -2.62. The third-order valence-electron chi connectivity index (χ3n) is 3.99. The lowest BCUT2D eigenvalue weighted by Gasteiger charge is -2.16.